The molecule has 0 spiro atoms. The number of ether oxygens (including phenoxy) is 2. The summed E-state index contributed by atoms with van der Waals surface area (Å²) in [5.41, 5.74) is 3.36. The molecule has 0 radical (unpaired) electrons. The van der Waals surface area contributed by atoms with E-state index in [1.807, 2.05) is 19.1 Å². The molecule has 4 aromatic rings. The average molecular weight is 608 g/mol. The molecule has 1 amide bonds. The van der Waals surface area contributed by atoms with Gasteiger partial charge in [-0.2, -0.15) is 18.4 Å². The zero-order chi connectivity index (χ0) is 31.3. The highest BCUT2D eigenvalue weighted by molar-refractivity contribution is 5.82. The zero-order valence-corrected chi connectivity index (χ0v) is 23.8. The van der Waals surface area contributed by atoms with Gasteiger partial charge in [-0.1, -0.05) is 12.1 Å². The first-order valence-electron chi connectivity index (χ1n) is 13.7. The molecular weight excluding hydrogens is 579 g/mol. The molecule has 44 heavy (non-hydrogen) atoms. The molecular formula is C29H28F3N9O3. The SMILES string of the molecule is COc1cc(C2CCN(C(=O)C(F)(F)F)CC2)ccc1Nc1ncc(-c2ccc(C#N)c(O[C@@H](C)Cn3cnnn3)c2)cn1. The van der Waals surface area contributed by atoms with Gasteiger partial charge in [0, 0.05) is 31.0 Å². The monoisotopic (exact) mass is 607 g/mol. The number of alkyl halides is 3. The Hall–Kier alpha value is -5.26. The lowest BCUT2D eigenvalue weighted by atomic mass is 9.89. The number of nitrogens with one attached hydrogen (secondary N) is 1. The summed E-state index contributed by atoms with van der Waals surface area (Å²) in [6.07, 6.45) is 0.433. The average Bonchev–Trinajstić information content (AvgIpc) is 3.54. The third kappa shape index (κ3) is 7.02. The van der Waals surface area contributed by atoms with Crippen molar-refractivity contribution in [1.82, 2.24) is 35.1 Å². The number of aromatic nitrogens is 6. The van der Waals surface area contributed by atoms with Crippen LogP contribution in [0, 0.1) is 11.3 Å². The van der Waals surface area contributed by atoms with Crippen molar-refractivity contribution in [2.45, 2.75) is 44.5 Å². The Kier molecular flexibility index (Phi) is 8.88. The van der Waals surface area contributed by atoms with Crippen LogP contribution in [0.1, 0.15) is 36.8 Å². The van der Waals surface area contributed by atoms with Crippen LogP contribution >= 0.6 is 0 Å². The van der Waals surface area contributed by atoms with Gasteiger partial charge in [0.05, 0.1) is 24.9 Å². The third-order valence-electron chi connectivity index (χ3n) is 7.22. The van der Waals surface area contributed by atoms with Gasteiger partial charge in [-0.25, -0.2) is 14.6 Å². The smallest absolute Gasteiger partial charge is 0.471 e. The number of tetrazole rings is 1. The second-order valence-corrected chi connectivity index (χ2v) is 10.2. The van der Waals surface area contributed by atoms with E-state index in [2.05, 4.69) is 36.9 Å². The maximum absolute atomic E-state index is 12.8. The predicted octanol–water partition coefficient (Wildman–Crippen LogP) is 4.49. The van der Waals surface area contributed by atoms with E-state index in [-0.39, 0.29) is 25.1 Å². The number of rotatable bonds is 9. The molecule has 0 aliphatic carbocycles. The fourth-order valence-corrected chi connectivity index (χ4v) is 5.00. The molecule has 1 fully saturated rings. The number of piperidine rings is 1. The number of nitriles is 1. The summed E-state index contributed by atoms with van der Waals surface area (Å²) in [6, 6.07) is 12.9. The van der Waals surface area contributed by atoms with Gasteiger partial charge in [0.15, 0.2) is 0 Å². The molecule has 3 heterocycles. The van der Waals surface area contributed by atoms with Crippen LogP contribution in [-0.2, 0) is 11.3 Å². The molecule has 1 saturated heterocycles. The van der Waals surface area contributed by atoms with Crippen molar-refractivity contribution < 1.29 is 27.4 Å². The van der Waals surface area contributed by atoms with Crippen molar-refractivity contribution in [2.24, 2.45) is 0 Å². The Balaban J connectivity index is 1.24. The Morgan fingerprint density at radius 3 is 2.50 bits per heavy atom. The van der Waals surface area contributed by atoms with E-state index in [1.165, 1.54) is 18.1 Å². The minimum Gasteiger partial charge on any atom is -0.495 e. The summed E-state index contributed by atoms with van der Waals surface area (Å²) in [4.78, 5) is 21.3. The Labute approximate surface area is 250 Å². The van der Waals surface area contributed by atoms with E-state index in [4.69, 9.17) is 9.47 Å². The zero-order valence-electron chi connectivity index (χ0n) is 23.8. The summed E-state index contributed by atoms with van der Waals surface area (Å²) < 4.78 is 51.4. The molecule has 228 valence electrons. The number of anilines is 2. The number of amides is 1. The van der Waals surface area contributed by atoms with Crippen LogP contribution in [-0.4, -0.2) is 73.5 Å². The van der Waals surface area contributed by atoms with Crippen LogP contribution < -0.4 is 14.8 Å². The number of halogens is 3. The molecule has 12 nitrogen and oxygen atoms in total. The fourth-order valence-electron chi connectivity index (χ4n) is 5.00. The van der Waals surface area contributed by atoms with Crippen LogP contribution in [0.25, 0.3) is 11.1 Å². The Bertz CT molecular complexity index is 1630. The van der Waals surface area contributed by atoms with Crippen molar-refractivity contribution >= 4 is 17.5 Å². The van der Waals surface area contributed by atoms with Gasteiger partial charge in [-0.15, -0.1) is 5.10 Å². The number of hydrogen-bond donors (Lipinski definition) is 1. The summed E-state index contributed by atoms with van der Waals surface area (Å²) >= 11 is 0. The van der Waals surface area contributed by atoms with Gasteiger partial charge in [-0.3, -0.25) is 4.79 Å². The molecule has 2 aromatic carbocycles. The lowest BCUT2D eigenvalue weighted by Gasteiger charge is -2.32. The number of likely N-dealkylation sites (tertiary alicyclic amines) is 1. The summed E-state index contributed by atoms with van der Waals surface area (Å²) in [5.74, 6) is -0.545. The highest BCUT2D eigenvalue weighted by atomic mass is 19.4. The largest absolute Gasteiger partial charge is 0.495 e. The fraction of sp³-hybridized carbons (Fsp3) is 0.345. The predicted molar refractivity (Wildman–Crippen MR) is 151 cm³/mol. The summed E-state index contributed by atoms with van der Waals surface area (Å²) in [7, 11) is 1.52. The van der Waals surface area contributed by atoms with Crippen LogP contribution in [0.4, 0.5) is 24.8 Å². The molecule has 0 unspecified atom stereocenters. The van der Waals surface area contributed by atoms with E-state index in [0.29, 0.717) is 53.6 Å². The molecule has 1 atom stereocenters. The first kappa shape index (κ1) is 30.2. The second kappa shape index (κ2) is 12.9. The van der Waals surface area contributed by atoms with Gasteiger partial charge in [0.1, 0.15) is 30.0 Å². The van der Waals surface area contributed by atoms with E-state index in [0.717, 1.165) is 16.0 Å². The number of nitrogens with zero attached hydrogens (tertiary/aromatic N) is 8. The van der Waals surface area contributed by atoms with Crippen LogP contribution in [0.3, 0.4) is 0 Å². The summed E-state index contributed by atoms with van der Waals surface area (Å²) in [6.45, 7) is 2.33. The van der Waals surface area contributed by atoms with Crippen LogP contribution in [0.5, 0.6) is 11.5 Å². The molecule has 2 aromatic heterocycles. The number of carbonyl (C=O) groups excluding carboxylic acids is 1. The number of carbonyl (C=O) groups is 1. The quantitative estimate of drug-likeness (QED) is 0.289. The van der Waals surface area contributed by atoms with E-state index < -0.39 is 12.1 Å². The van der Waals surface area contributed by atoms with Gasteiger partial charge >= 0.3 is 12.1 Å². The highest BCUT2D eigenvalue weighted by Gasteiger charge is 2.43. The number of benzene rings is 2. The van der Waals surface area contributed by atoms with Crippen molar-refractivity contribution in [1.29, 1.82) is 5.26 Å². The molecule has 1 aliphatic rings. The van der Waals surface area contributed by atoms with Crippen LogP contribution in [0.15, 0.2) is 55.1 Å². The first-order valence-corrected chi connectivity index (χ1v) is 13.7. The van der Waals surface area contributed by atoms with Gasteiger partial charge in [0.25, 0.3) is 0 Å². The molecule has 0 saturated carbocycles. The maximum atomic E-state index is 12.8. The molecule has 15 heteroatoms. The van der Waals surface area contributed by atoms with Crippen LogP contribution in [0.2, 0.25) is 0 Å². The minimum atomic E-state index is -4.86. The second-order valence-electron chi connectivity index (χ2n) is 10.2. The Morgan fingerprint density at radius 1 is 1.11 bits per heavy atom. The lowest BCUT2D eigenvalue weighted by molar-refractivity contribution is -0.186. The minimum absolute atomic E-state index is 0.00498. The van der Waals surface area contributed by atoms with Crippen molar-refractivity contribution in [2.75, 3.05) is 25.5 Å². The maximum Gasteiger partial charge on any atom is 0.471 e. The molecule has 1 aliphatic heterocycles. The van der Waals surface area contributed by atoms with Gasteiger partial charge < -0.3 is 19.7 Å². The highest BCUT2D eigenvalue weighted by Crippen LogP contribution is 2.36. The van der Waals surface area contributed by atoms with Gasteiger partial charge in [0.2, 0.25) is 5.95 Å². The first-order chi connectivity index (χ1) is 21.1. The lowest BCUT2D eigenvalue weighted by Crippen LogP contribution is -2.45. The summed E-state index contributed by atoms with van der Waals surface area (Å²) in [5, 5.41) is 23.7. The number of hydrogen-bond acceptors (Lipinski definition) is 10. The van der Waals surface area contributed by atoms with Crippen molar-refractivity contribution in [3.8, 4) is 28.7 Å². The Morgan fingerprint density at radius 2 is 1.86 bits per heavy atom. The molecule has 0 bridgehead atoms. The molecule has 5 rings (SSSR count). The van der Waals surface area contributed by atoms with Crippen molar-refractivity contribution in [3.05, 3.63) is 66.2 Å². The van der Waals surface area contributed by atoms with Gasteiger partial charge in [-0.05, 0) is 71.5 Å². The molecule has 1 N–H and O–H groups in total. The standard InChI is InChI=1S/C29H28F3N9O3/c1-18(16-41-17-36-38-39-41)44-25-11-21(3-4-22(25)13-33)23-14-34-28(35-15-23)37-24-6-5-20(12-26(24)43-2)19-7-9-40(10-8-19)27(42)29(30,31)32/h3-6,11-12,14-15,17-19H,7-10,16H2,1-2H3,(H,34,35,37)/t18-/m0/s1. The van der Waals surface area contributed by atoms with E-state index >= 15 is 0 Å². The topological polar surface area (TPSA) is 144 Å². The third-order valence-corrected chi connectivity index (χ3v) is 7.22. The van der Waals surface area contributed by atoms with E-state index in [9.17, 15) is 23.2 Å². The van der Waals surface area contributed by atoms with Crippen molar-refractivity contribution in [3.63, 3.8) is 0 Å². The number of methoxy groups -OCH3 is 1. The van der Waals surface area contributed by atoms with E-state index in [1.54, 1.807) is 36.7 Å². The normalized spacial score (nSPS) is 14.5.